The number of aromatic nitrogens is 2. The summed E-state index contributed by atoms with van der Waals surface area (Å²) in [4.78, 5) is 9.45. The maximum Gasteiger partial charge on any atom is 0.123 e. The van der Waals surface area contributed by atoms with Gasteiger partial charge in [-0.05, 0) is 44.0 Å². The Labute approximate surface area is 167 Å². The second kappa shape index (κ2) is 8.41. The van der Waals surface area contributed by atoms with E-state index in [0.717, 1.165) is 38.2 Å². The lowest BCUT2D eigenvalue weighted by Gasteiger charge is -2.42. The van der Waals surface area contributed by atoms with E-state index in [1.165, 1.54) is 17.8 Å². The number of allylic oxidation sites excluding steroid dienone is 3. The van der Waals surface area contributed by atoms with Crippen LogP contribution in [0.15, 0.2) is 61.1 Å². The van der Waals surface area contributed by atoms with Crippen LogP contribution in [0, 0.1) is 11.7 Å². The number of hydrogen-bond acceptors (Lipinski definition) is 3. The van der Waals surface area contributed by atoms with Crippen molar-refractivity contribution < 1.29 is 4.39 Å². The molecule has 148 valence electrons. The molecule has 2 aliphatic rings. The van der Waals surface area contributed by atoms with Gasteiger partial charge < -0.3 is 9.47 Å². The van der Waals surface area contributed by atoms with E-state index >= 15 is 0 Å². The lowest BCUT2D eigenvalue weighted by Crippen LogP contribution is -2.53. The zero-order valence-corrected chi connectivity index (χ0v) is 16.7. The molecule has 28 heavy (non-hydrogen) atoms. The molecular formula is C23H29FN4. The van der Waals surface area contributed by atoms with Crippen LogP contribution in [-0.4, -0.2) is 52.1 Å². The Morgan fingerprint density at radius 2 is 2.00 bits per heavy atom. The van der Waals surface area contributed by atoms with Gasteiger partial charge in [0.05, 0.1) is 18.1 Å². The second-order valence-electron chi connectivity index (χ2n) is 8.02. The molecule has 1 aromatic carbocycles. The average molecular weight is 381 g/mol. The molecule has 0 amide bonds. The Bertz CT molecular complexity index is 839. The van der Waals surface area contributed by atoms with Gasteiger partial charge in [0.2, 0.25) is 0 Å². The first-order chi connectivity index (χ1) is 13.6. The average Bonchev–Trinajstić information content (AvgIpc) is 3.18. The molecular weight excluding hydrogens is 351 g/mol. The molecule has 4 nitrogen and oxygen atoms in total. The van der Waals surface area contributed by atoms with Crippen LogP contribution >= 0.6 is 0 Å². The van der Waals surface area contributed by atoms with Gasteiger partial charge in [0.15, 0.2) is 0 Å². The highest BCUT2D eigenvalue weighted by atomic mass is 19.1. The molecule has 4 rings (SSSR count). The largest absolute Gasteiger partial charge is 0.326 e. The van der Waals surface area contributed by atoms with Gasteiger partial charge in [0.25, 0.3) is 0 Å². The monoisotopic (exact) mass is 380 g/mol. The molecule has 1 aliphatic heterocycles. The summed E-state index contributed by atoms with van der Waals surface area (Å²) < 4.78 is 15.5. The third-order valence-electron chi connectivity index (χ3n) is 6.19. The normalized spacial score (nSPS) is 24.5. The molecule has 0 radical (unpaired) electrons. The summed E-state index contributed by atoms with van der Waals surface area (Å²) in [6.45, 7) is 6.25. The second-order valence-corrected chi connectivity index (χ2v) is 8.02. The number of imidazole rings is 1. The van der Waals surface area contributed by atoms with E-state index in [1.54, 1.807) is 0 Å². The van der Waals surface area contributed by atoms with Crippen molar-refractivity contribution in [3.8, 4) is 0 Å². The smallest absolute Gasteiger partial charge is 0.123 e. The number of likely N-dealkylation sites (N-methyl/N-ethyl adjacent to an activating group) is 1. The van der Waals surface area contributed by atoms with Gasteiger partial charge in [0, 0.05) is 38.4 Å². The molecule has 3 unspecified atom stereocenters. The number of hydrogen-bond donors (Lipinski definition) is 0. The first kappa shape index (κ1) is 19.1. The van der Waals surface area contributed by atoms with Crippen LogP contribution in [0.5, 0.6) is 0 Å². The summed E-state index contributed by atoms with van der Waals surface area (Å²) in [5, 5.41) is 0. The van der Waals surface area contributed by atoms with Gasteiger partial charge >= 0.3 is 0 Å². The predicted molar refractivity (Wildman–Crippen MR) is 111 cm³/mol. The molecule has 0 saturated carbocycles. The third-order valence-corrected chi connectivity index (χ3v) is 6.19. The molecule has 5 heteroatoms. The van der Waals surface area contributed by atoms with E-state index in [9.17, 15) is 4.39 Å². The van der Waals surface area contributed by atoms with Crippen molar-refractivity contribution in [2.45, 2.75) is 32.0 Å². The van der Waals surface area contributed by atoms with E-state index < -0.39 is 0 Å². The van der Waals surface area contributed by atoms with Gasteiger partial charge in [-0.25, -0.2) is 9.37 Å². The summed E-state index contributed by atoms with van der Waals surface area (Å²) in [5.74, 6) is 0.387. The standard InChI is InChI=1S/C23H29FN4/c1-18(19-8-10-21(24)11-9-19)28-17-25-14-22(28)15-27-13-12-26(2)23(16-27)20-6-4-3-5-7-20/h3-6,8-11,14,17-18,20,23H,7,12-13,15-16H2,1-2H3. The lowest BCUT2D eigenvalue weighted by atomic mass is 9.90. The first-order valence-electron chi connectivity index (χ1n) is 10.1. The summed E-state index contributed by atoms with van der Waals surface area (Å²) in [6, 6.07) is 7.45. The highest BCUT2D eigenvalue weighted by molar-refractivity contribution is 5.21. The molecule has 1 aliphatic carbocycles. The zero-order chi connectivity index (χ0) is 19.5. The van der Waals surface area contributed by atoms with Crippen molar-refractivity contribution in [3.63, 3.8) is 0 Å². The highest BCUT2D eigenvalue weighted by Gasteiger charge is 2.30. The zero-order valence-electron chi connectivity index (χ0n) is 16.7. The van der Waals surface area contributed by atoms with Gasteiger partial charge in [-0.3, -0.25) is 4.90 Å². The predicted octanol–water partition coefficient (Wildman–Crippen LogP) is 3.88. The fourth-order valence-corrected chi connectivity index (χ4v) is 4.39. The van der Waals surface area contributed by atoms with Crippen LogP contribution in [0.1, 0.15) is 30.6 Å². The number of halogens is 1. The van der Waals surface area contributed by atoms with Crippen molar-refractivity contribution in [3.05, 3.63) is 78.2 Å². The maximum atomic E-state index is 13.3. The minimum Gasteiger partial charge on any atom is -0.326 e. The van der Waals surface area contributed by atoms with Crippen LogP contribution in [0.4, 0.5) is 4.39 Å². The summed E-state index contributed by atoms with van der Waals surface area (Å²) in [5.41, 5.74) is 2.30. The third kappa shape index (κ3) is 4.10. The van der Waals surface area contributed by atoms with Crippen molar-refractivity contribution in [1.29, 1.82) is 0 Å². The Kier molecular flexibility index (Phi) is 5.74. The molecule has 2 aromatic rings. The summed E-state index contributed by atoms with van der Waals surface area (Å²) in [6.07, 6.45) is 13.9. The highest BCUT2D eigenvalue weighted by Crippen LogP contribution is 2.25. The van der Waals surface area contributed by atoms with Crippen molar-refractivity contribution >= 4 is 0 Å². The van der Waals surface area contributed by atoms with E-state index in [2.05, 4.69) is 57.6 Å². The Hall–Kier alpha value is -2.24. The van der Waals surface area contributed by atoms with Gasteiger partial charge in [-0.2, -0.15) is 0 Å². The van der Waals surface area contributed by atoms with Crippen LogP contribution in [0.25, 0.3) is 0 Å². The van der Waals surface area contributed by atoms with Crippen LogP contribution in [-0.2, 0) is 6.54 Å². The Balaban J connectivity index is 1.46. The number of benzene rings is 1. The number of nitrogens with zero attached hydrogens (tertiary/aromatic N) is 4. The topological polar surface area (TPSA) is 24.3 Å². The molecule has 0 spiro atoms. The number of piperazine rings is 1. The molecule has 0 bridgehead atoms. The minimum absolute atomic E-state index is 0.132. The van der Waals surface area contributed by atoms with Gasteiger partial charge in [-0.15, -0.1) is 0 Å². The fourth-order valence-electron chi connectivity index (χ4n) is 4.39. The molecule has 0 N–H and O–H groups in total. The SMILES string of the molecule is CC(c1ccc(F)cc1)n1cncc1CN1CCN(C)C(C2C=CC=CC2)C1. The van der Waals surface area contributed by atoms with E-state index in [1.807, 2.05) is 24.7 Å². The van der Waals surface area contributed by atoms with Crippen LogP contribution in [0.3, 0.4) is 0 Å². The molecule has 1 aromatic heterocycles. The molecule has 2 heterocycles. The van der Waals surface area contributed by atoms with Crippen LogP contribution in [0.2, 0.25) is 0 Å². The van der Waals surface area contributed by atoms with Gasteiger partial charge in [0.1, 0.15) is 5.82 Å². The van der Waals surface area contributed by atoms with Crippen LogP contribution < -0.4 is 0 Å². The van der Waals surface area contributed by atoms with E-state index in [-0.39, 0.29) is 11.9 Å². The Morgan fingerprint density at radius 1 is 1.18 bits per heavy atom. The van der Waals surface area contributed by atoms with Crippen molar-refractivity contribution in [1.82, 2.24) is 19.4 Å². The quantitative estimate of drug-likeness (QED) is 0.787. The maximum absolute atomic E-state index is 13.3. The van der Waals surface area contributed by atoms with Gasteiger partial charge in [-0.1, -0.05) is 36.4 Å². The summed E-state index contributed by atoms with van der Waals surface area (Å²) >= 11 is 0. The molecule has 1 saturated heterocycles. The van der Waals surface area contributed by atoms with E-state index in [0.29, 0.717) is 12.0 Å². The lowest BCUT2D eigenvalue weighted by molar-refractivity contribution is 0.0669. The Morgan fingerprint density at radius 3 is 2.75 bits per heavy atom. The summed E-state index contributed by atoms with van der Waals surface area (Å²) in [7, 11) is 2.25. The van der Waals surface area contributed by atoms with E-state index in [4.69, 9.17) is 0 Å². The van der Waals surface area contributed by atoms with Crippen molar-refractivity contribution in [2.24, 2.45) is 5.92 Å². The fraction of sp³-hybridized carbons (Fsp3) is 0.435. The number of rotatable bonds is 5. The molecule has 3 atom stereocenters. The minimum atomic E-state index is -0.197. The van der Waals surface area contributed by atoms with Crippen molar-refractivity contribution in [2.75, 3.05) is 26.7 Å². The first-order valence-corrected chi connectivity index (χ1v) is 10.1. The molecule has 1 fully saturated rings.